The fraction of sp³-hybridized carbons (Fsp3) is 0.667. The van der Waals surface area contributed by atoms with Gasteiger partial charge in [-0.05, 0) is 50.8 Å². The number of nitrogens with one attached hydrogen (secondary N) is 2. The smallest absolute Gasteiger partial charge is 0.267 e. The number of rotatable bonds is 4. The summed E-state index contributed by atoms with van der Waals surface area (Å²) in [5, 5.41) is 6.50. The third kappa shape index (κ3) is 3.38. The van der Waals surface area contributed by atoms with Gasteiger partial charge in [-0.1, -0.05) is 6.92 Å². The molecule has 1 fully saturated rings. The van der Waals surface area contributed by atoms with E-state index in [4.69, 9.17) is 0 Å². The maximum Gasteiger partial charge on any atom is 0.267 e. The Hall–Kier alpha value is -1.29. The molecule has 1 saturated heterocycles. The first kappa shape index (κ1) is 14.1. The lowest BCUT2D eigenvalue weighted by atomic mass is 9.83. The van der Waals surface area contributed by atoms with E-state index in [0.29, 0.717) is 6.04 Å². The monoisotopic (exact) mass is 263 g/mol. The van der Waals surface area contributed by atoms with E-state index < -0.39 is 0 Å². The van der Waals surface area contributed by atoms with Crippen LogP contribution in [0.15, 0.2) is 18.3 Å². The normalized spacial score (nSPS) is 23.6. The van der Waals surface area contributed by atoms with Crippen LogP contribution in [0.5, 0.6) is 0 Å². The minimum atomic E-state index is 0.0329. The van der Waals surface area contributed by atoms with Gasteiger partial charge in [-0.15, -0.1) is 0 Å². The molecule has 1 atom stereocenters. The van der Waals surface area contributed by atoms with Crippen LogP contribution in [0.3, 0.4) is 0 Å². The molecule has 1 aromatic heterocycles. The molecule has 1 unspecified atom stereocenters. The lowest BCUT2D eigenvalue weighted by Gasteiger charge is -2.34. The lowest BCUT2D eigenvalue weighted by molar-refractivity contribution is 0.0914. The SMILES string of the molecule is CC(C)n1cccc1C(=O)NCC1(C)CCCNC1. The van der Waals surface area contributed by atoms with E-state index in [0.717, 1.165) is 25.3 Å². The molecule has 0 spiro atoms. The predicted molar refractivity (Wildman–Crippen MR) is 77.4 cm³/mol. The predicted octanol–water partition coefficient (Wildman–Crippen LogP) is 2.19. The number of piperidine rings is 1. The van der Waals surface area contributed by atoms with Gasteiger partial charge < -0.3 is 15.2 Å². The standard InChI is InChI=1S/C15H25N3O/c1-12(2)18-9-4-6-13(18)14(19)17-11-15(3)7-5-8-16-10-15/h4,6,9,12,16H,5,7-8,10-11H2,1-3H3,(H,17,19). The fourth-order valence-corrected chi connectivity index (χ4v) is 2.69. The molecule has 1 aliphatic heterocycles. The van der Waals surface area contributed by atoms with E-state index in [1.165, 1.54) is 12.8 Å². The third-order valence-electron chi connectivity index (χ3n) is 3.93. The summed E-state index contributed by atoms with van der Waals surface area (Å²) in [6, 6.07) is 4.12. The van der Waals surface area contributed by atoms with E-state index in [2.05, 4.69) is 31.4 Å². The Morgan fingerprint density at radius 2 is 2.37 bits per heavy atom. The van der Waals surface area contributed by atoms with Crippen LogP contribution >= 0.6 is 0 Å². The van der Waals surface area contributed by atoms with Crippen molar-refractivity contribution in [2.24, 2.45) is 5.41 Å². The first-order chi connectivity index (χ1) is 9.02. The van der Waals surface area contributed by atoms with Crippen molar-refractivity contribution in [2.75, 3.05) is 19.6 Å². The summed E-state index contributed by atoms with van der Waals surface area (Å²) in [4.78, 5) is 12.3. The summed E-state index contributed by atoms with van der Waals surface area (Å²) < 4.78 is 2.01. The van der Waals surface area contributed by atoms with Crippen LogP contribution in [0, 0.1) is 5.41 Å². The number of nitrogens with zero attached hydrogens (tertiary/aromatic N) is 1. The van der Waals surface area contributed by atoms with Crippen molar-refractivity contribution in [3.05, 3.63) is 24.0 Å². The van der Waals surface area contributed by atoms with E-state index in [-0.39, 0.29) is 11.3 Å². The van der Waals surface area contributed by atoms with Crippen molar-refractivity contribution < 1.29 is 4.79 Å². The van der Waals surface area contributed by atoms with Crippen LogP contribution in [0.25, 0.3) is 0 Å². The Balaban J connectivity index is 1.95. The first-order valence-electron chi connectivity index (χ1n) is 7.18. The molecule has 0 saturated carbocycles. The van der Waals surface area contributed by atoms with Gasteiger partial charge in [0.15, 0.2) is 0 Å². The van der Waals surface area contributed by atoms with Crippen LogP contribution < -0.4 is 10.6 Å². The van der Waals surface area contributed by atoms with Crippen LogP contribution in [0.1, 0.15) is 50.1 Å². The third-order valence-corrected chi connectivity index (χ3v) is 3.93. The van der Waals surface area contributed by atoms with Gasteiger partial charge in [0.25, 0.3) is 5.91 Å². The number of hydrogen-bond acceptors (Lipinski definition) is 2. The minimum absolute atomic E-state index is 0.0329. The highest BCUT2D eigenvalue weighted by Crippen LogP contribution is 2.24. The van der Waals surface area contributed by atoms with Crippen LogP contribution in [0.2, 0.25) is 0 Å². The second-order valence-electron chi connectivity index (χ2n) is 6.17. The highest BCUT2D eigenvalue weighted by atomic mass is 16.1. The molecule has 0 bridgehead atoms. The van der Waals surface area contributed by atoms with Crippen molar-refractivity contribution >= 4 is 5.91 Å². The summed E-state index contributed by atoms with van der Waals surface area (Å²) in [7, 11) is 0. The molecule has 2 heterocycles. The van der Waals surface area contributed by atoms with E-state index >= 15 is 0 Å². The molecule has 0 aromatic carbocycles. The van der Waals surface area contributed by atoms with Gasteiger partial charge in [0.2, 0.25) is 0 Å². The maximum absolute atomic E-state index is 12.3. The Kier molecular flexibility index (Phi) is 4.30. The molecular formula is C15H25N3O. The highest BCUT2D eigenvalue weighted by Gasteiger charge is 2.27. The van der Waals surface area contributed by atoms with E-state index in [1.54, 1.807) is 0 Å². The Labute approximate surface area is 115 Å². The van der Waals surface area contributed by atoms with Gasteiger partial charge in [0.05, 0.1) is 0 Å². The Morgan fingerprint density at radius 3 is 3.00 bits per heavy atom. The molecule has 106 valence electrons. The zero-order valence-corrected chi connectivity index (χ0v) is 12.2. The molecule has 2 rings (SSSR count). The molecular weight excluding hydrogens is 238 g/mol. The maximum atomic E-state index is 12.3. The van der Waals surface area contributed by atoms with Gasteiger partial charge in [0.1, 0.15) is 5.69 Å². The average Bonchev–Trinajstić information content (AvgIpc) is 2.86. The summed E-state index contributed by atoms with van der Waals surface area (Å²) in [5.74, 6) is 0.0329. The van der Waals surface area contributed by atoms with Gasteiger partial charge >= 0.3 is 0 Å². The van der Waals surface area contributed by atoms with Gasteiger partial charge in [-0.25, -0.2) is 0 Å². The molecule has 0 aliphatic carbocycles. The molecule has 19 heavy (non-hydrogen) atoms. The number of hydrogen-bond donors (Lipinski definition) is 2. The van der Waals surface area contributed by atoms with Crippen molar-refractivity contribution in [3.63, 3.8) is 0 Å². The fourth-order valence-electron chi connectivity index (χ4n) is 2.69. The molecule has 4 nitrogen and oxygen atoms in total. The van der Waals surface area contributed by atoms with Gasteiger partial charge in [0, 0.05) is 25.3 Å². The van der Waals surface area contributed by atoms with Crippen molar-refractivity contribution in [3.8, 4) is 0 Å². The second-order valence-corrected chi connectivity index (χ2v) is 6.17. The number of amides is 1. The summed E-state index contributed by atoms with van der Waals surface area (Å²) in [5.41, 5.74) is 0.936. The van der Waals surface area contributed by atoms with Crippen LogP contribution in [0.4, 0.5) is 0 Å². The molecule has 1 amide bonds. The van der Waals surface area contributed by atoms with Crippen molar-refractivity contribution in [1.29, 1.82) is 0 Å². The summed E-state index contributed by atoms with van der Waals surface area (Å²) >= 11 is 0. The van der Waals surface area contributed by atoms with Crippen molar-refractivity contribution in [2.45, 2.75) is 39.7 Å². The molecule has 2 N–H and O–H groups in total. The first-order valence-corrected chi connectivity index (χ1v) is 7.18. The molecule has 4 heteroatoms. The molecule has 0 radical (unpaired) electrons. The topological polar surface area (TPSA) is 46.1 Å². The van der Waals surface area contributed by atoms with E-state index in [9.17, 15) is 4.79 Å². The zero-order valence-electron chi connectivity index (χ0n) is 12.2. The summed E-state index contributed by atoms with van der Waals surface area (Å²) in [6.45, 7) is 9.23. The van der Waals surface area contributed by atoms with E-state index in [1.807, 2.05) is 22.9 Å². The van der Waals surface area contributed by atoms with Crippen LogP contribution in [-0.2, 0) is 0 Å². The van der Waals surface area contributed by atoms with Gasteiger partial charge in [-0.2, -0.15) is 0 Å². The molecule has 1 aromatic rings. The minimum Gasteiger partial charge on any atom is -0.350 e. The second kappa shape index (κ2) is 5.78. The number of aromatic nitrogens is 1. The van der Waals surface area contributed by atoms with Gasteiger partial charge in [-0.3, -0.25) is 4.79 Å². The number of carbonyl (C=O) groups is 1. The largest absolute Gasteiger partial charge is 0.350 e. The highest BCUT2D eigenvalue weighted by molar-refractivity contribution is 5.92. The lowest BCUT2D eigenvalue weighted by Crippen LogP contribution is -2.45. The average molecular weight is 263 g/mol. The number of carbonyl (C=O) groups excluding carboxylic acids is 1. The summed E-state index contributed by atoms with van der Waals surface area (Å²) in [6.07, 6.45) is 4.32. The molecule has 1 aliphatic rings. The van der Waals surface area contributed by atoms with Crippen molar-refractivity contribution in [1.82, 2.24) is 15.2 Å². The zero-order chi connectivity index (χ0) is 13.9. The Morgan fingerprint density at radius 1 is 1.58 bits per heavy atom. The Bertz CT molecular complexity index is 430. The quantitative estimate of drug-likeness (QED) is 0.874. The van der Waals surface area contributed by atoms with Crippen LogP contribution in [-0.4, -0.2) is 30.1 Å².